The van der Waals surface area contributed by atoms with Gasteiger partial charge >= 0.3 is 5.97 Å². The molecular weight excluding hydrogens is 180 g/mol. The molecule has 0 aromatic rings. The lowest BCUT2D eigenvalue weighted by Gasteiger charge is -2.04. The molecule has 0 heterocycles. The van der Waals surface area contributed by atoms with Crippen LogP contribution in [0.2, 0.25) is 0 Å². The van der Waals surface area contributed by atoms with Gasteiger partial charge in [0.25, 0.3) is 0 Å². The van der Waals surface area contributed by atoms with Gasteiger partial charge in [0.1, 0.15) is 6.04 Å². The second-order valence-corrected chi connectivity index (χ2v) is 3.39. The molecule has 0 saturated carbocycles. The number of hydrogen-bond acceptors (Lipinski definition) is 4. The average Bonchev–Trinajstić information content (AvgIpc) is 1.97. The molecule has 0 aliphatic heterocycles. The van der Waals surface area contributed by atoms with Crippen molar-refractivity contribution in [2.45, 2.75) is 12.5 Å². The minimum Gasteiger partial charge on any atom is -0.480 e. The normalized spacial score (nSPS) is 12.4. The first-order valence-electron chi connectivity index (χ1n) is 3.38. The minimum atomic E-state index is -1.03. The highest BCUT2D eigenvalue weighted by molar-refractivity contribution is 7.99. The third kappa shape index (κ3) is 5.99. The van der Waals surface area contributed by atoms with Crippen molar-refractivity contribution in [1.82, 2.24) is 0 Å². The molecular formula is C6H12N2O3S. The Morgan fingerprint density at radius 1 is 1.50 bits per heavy atom. The number of carboxylic acid groups (broad SMARTS) is 1. The maximum absolute atomic E-state index is 10.2. The summed E-state index contributed by atoms with van der Waals surface area (Å²) in [7, 11) is 0. The number of thioether (sulfide) groups is 1. The molecule has 1 amide bonds. The van der Waals surface area contributed by atoms with Crippen LogP contribution in [0, 0.1) is 0 Å². The van der Waals surface area contributed by atoms with E-state index in [1.165, 1.54) is 11.8 Å². The number of amides is 1. The van der Waals surface area contributed by atoms with Crippen molar-refractivity contribution in [3.8, 4) is 0 Å². The van der Waals surface area contributed by atoms with Gasteiger partial charge in [-0.15, -0.1) is 0 Å². The van der Waals surface area contributed by atoms with Crippen LogP contribution in [0.5, 0.6) is 0 Å². The van der Waals surface area contributed by atoms with Crippen LogP contribution in [0.1, 0.15) is 6.42 Å². The van der Waals surface area contributed by atoms with Crippen LogP contribution in [0.15, 0.2) is 0 Å². The molecule has 0 saturated heterocycles. The zero-order valence-corrected chi connectivity index (χ0v) is 7.34. The van der Waals surface area contributed by atoms with Crippen LogP contribution in [0.4, 0.5) is 0 Å². The first-order valence-corrected chi connectivity index (χ1v) is 4.54. The molecule has 1 atom stereocenters. The van der Waals surface area contributed by atoms with Crippen molar-refractivity contribution in [1.29, 1.82) is 0 Å². The highest BCUT2D eigenvalue weighted by Crippen LogP contribution is 2.03. The Balaban J connectivity index is 3.31. The first-order chi connectivity index (χ1) is 5.54. The second kappa shape index (κ2) is 5.84. The predicted molar refractivity (Wildman–Crippen MR) is 46.7 cm³/mol. The van der Waals surface area contributed by atoms with Gasteiger partial charge in [0.15, 0.2) is 0 Å². The number of carbonyl (C=O) groups is 2. The smallest absolute Gasteiger partial charge is 0.321 e. The summed E-state index contributed by atoms with van der Waals surface area (Å²) >= 11 is 1.31. The molecule has 0 spiro atoms. The fourth-order valence-electron chi connectivity index (χ4n) is 0.454. The summed E-state index contributed by atoms with van der Waals surface area (Å²) in [5, 5.41) is 8.36. The molecule has 0 bridgehead atoms. The Hall–Kier alpha value is -0.750. The van der Waals surface area contributed by atoms with Crippen molar-refractivity contribution >= 4 is 23.6 Å². The van der Waals surface area contributed by atoms with E-state index < -0.39 is 12.0 Å². The minimum absolute atomic E-state index is 0.261. The fourth-order valence-corrected chi connectivity index (χ4v) is 1.36. The van der Waals surface area contributed by atoms with E-state index in [9.17, 15) is 9.59 Å². The molecule has 6 heteroatoms. The topological polar surface area (TPSA) is 106 Å². The van der Waals surface area contributed by atoms with Gasteiger partial charge in [-0.25, -0.2) is 0 Å². The lowest BCUT2D eigenvalue weighted by atomic mass is 10.4. The third-order valence-electron chi connectivity index (χ3n) is 1.11. The third-order valence-corrected chi connectivity index (χ3v) is 2.20. The maximum atomic E-state index is 10.2. The van der Waals surface area contributed by atoms with Crippen LogP contribution in [-0.2, 0) is 9.59 Å². The maximum Gasteiger partial charge on any atom is 0.321 e. The van der Waals surface area contributed by atoms with E-state index in [0.29, 0.717) is 11.5 Å². The zero-order chi connectivity index (χ0) is 9.56. The Kier molecular flexibility index (Phi) is 5.48. The van der Waals surface area contributed by atoms with Gasteiger partial charge in [0.2, 0.25) is 5.91 Å². The lowest BCUT2D eigenvalue weighted by molar-refractivity contribution is -0.137. The number of hydrogen-bond donors (Lipinski definition) is 3. The van der Waals surface area contributed by atoms with Crippen LogP contribution < -0.4 is 11.5 Å². The van der Waals surface area contributed by atoms with E-state index >= 15 is 0 Å². The predicted octanol–water partition coefficient (Wildman–Crippen LogP) is -0.993. The Bertz CT molecular complexity index is 174. The second-order valence-electron chi connectivity index (χ2n) is 2.24. The van der Waals surface area contributed by atoms with Gasteiger partial charge in [-0.2, -0.15) is 11.8 Å². The zero-order valence-electron chi connectivity index (χ0n) is 6.53. The Morgan fingerprint density at radius 2 is 2.08 bits per heavy atom. The molecule has 0 aliphatic carbocycles. The van der Waals surface area contributed by atoms with Gasteiger partial charge in [-0.1, -0.05) is 0 Å². The van der Waals surface area contributed by atoms with Crippen molar-refractivity contribution in [3.05, 3.63) is 0 Å². The molecule has 0 rings (SSSR count). The molecule has 0 unspecified atom stereocenters. The highest BCUT2D eigenvalue weighted by Gasteiger charge is 2.10. The number of carboxylic acids is 1. The van der Waals surface area contributed by atoms with Gasteiger partial charge < -0.3 is 16.6 Å². The lowest BCUT2D eigenvalue weighted by Crippen LogP contribution is -2.32. The average molecular weight is 192 g/mol. The summed E-state index contributed by atoms with van der Waals surface area (Å²) in [5.74, 6) is -0.577. The van der Waals surface area contributed by atoms with E-state index in [4.69, 9.17) is 16.6 Å². The first kappa shape index (κ1) is 11.2. The van der Waals surface area contributed by atoms with Crippen LogP contribution in [-0.4, -0.2) is 34.5 Å². The summed E-state index contributed by atoms with van der Waals surface area (Å²) in [5.41, 5.74) is 10.1. The summed E-state index contributed by atoms with van der Waals surface area (Å²) in [6, 6.07) is -0.858. The Morgan fingerprint density at radius 3 is 2.50 bits per heavy atom. The van der Waals surface area contributed by atoms with Crippen molar-refractivity contribution in [2.75, 3.05) is 11.5 Å². The van der Waals surface area contributed by atoms with E-state index in [0.717, 1.165) is 0 Å². The summed E-state index contributed by atoms with van der Waals surface area (Å²) in [4.78, 5) is 20.4. The molecule has 0 aromatic heterocycles. The molecule has 0 aromatic carbocycles. The standard InChI is InChI=1S/C6H12N2O3S/c7-4(6(10)11)3-12-2-1-5(8)9/h4H,1-3,7H2,(H2,8,9)(H,10,11)/t4-/m0/s1. The Labute approximate surface area is 74.5 Å². The SMILES string of the molecule is NC(=O)CCSC[C@H](N)C(=O)O. The van der Waals surface area contributed by atoms with Crippen molar-refractivity contribution < 1.29 is 14.7 Å². The molecule has 70 valence electrons. The van der Waals surface area contributed by atoms with E-state index in [-0.39, 0.29) is 12.3 Å². The number of rotatable bonds is 6. The number of primary amides is 1. The molecule has 5 N–H and O–H groups in total. The van der Waals surface area contributed by atoms with Crippen molar-refractivity contribution in [3.63, 3.8) is 0 Å². The van der Waals surface area contributed by atoms with Crippen LogP contribution >= 0.6 is 11.8 Å². The summed E-state index contributed by atoms with van der Waals surface area (Å²) in [6.45, 7) is 0. The molecule has 12 heavy (non-hydrogen) atoms. The summed E-state index contributed by atoms with van der Waals surface area (Å²) in [6.07, 6.45) is 0.261. The quantitative estimate of drug-likeness (QED) is 0.468. The van der Waals surface area contributed by atoms with Gasteiger partial charge in [-0.3, -0.25) is 9.59 Å². The molecule has 5 nitrogen and oxygen atoms in total. The van der Waals surface area contributed by atoms with Crippen molar-refractivity contribution in [2.24, 2.45) is 11.5 Å². The van der Waals surface area contributed by atoms with Crippen LogP contribution in [0.25, 0.3) is 0 Å². The largest absolute Gasteiger partial charge is 0.480 e. The van der Waals surface area contributed by atoms with Gasteiger partial charge in [0, 0.05) is 17.9 Å². The highest BCUT2D eigenvalue weighted by atomic mass is 32.2. The monoisotopic (exact) mass is 192 g/mol. The van der Waals surface area contributed by atoms with Crippen LogP contribution in [0.3, 0.4) is 0 Å². The number of aliphatic carboxylic acids is 1. The summed E-state index contributed by atoms with van der Waals surface area (Å²) < 4.78 is 0. The van der Waals surface area contributed by atoms with Gasteiger partial charge in [0.05, 0.1) is 0 Å². The van der Waals surface area contributed by atoms with Gasteiger partial charge in [-0.05, 0) is 0 Å². The van der Waals surface area contributed by atoms with E-state index in [1.54, 1.807) is 0 Å². The molecule has 0 fully saturated rings. The molecule has 0 radical (unpaired) electrons. The van der Waals surface area contributed by atoms with E-state index in [2.05, 4.69) is 0 Å². The number of carbonyl (C=O) groups excluding carboxylic acids is 1. The fraction of sp³-hybridized carbons (Fsp3) is 0.667. The molecule has 0 aliphatic rings. The number of nitrogens with two attached hydrogens (primary N) is 2. The van der Waals surface area contributed by atoms with E-state index in [1.807, 2.05) is 0 Å².